The molecule has 0 saturated carbocycles. The molecule has 0 saturated heterocycles. The van der Waals surface area contributed by atoms with Gasteiger partial charge in [-0.15, -0.1) is 0 Å². The highest BCUT2D eigenvalue weighted by atomic mass is 19.1. The second-order valence-corrected chi connectivity index (χ2v) is 3.40. The zero-order valence-electron chi connectivity index (χ0n) is 9.64. The summed E-state index contributed by atoms with van der Waals surface area (Å²) < 4.78 is 23.0. The van der Waals surface area contributed by atoms with Crippen LogP contribution < -0.4 is 10.1 Å². The van der Waals surface area contributed by atoms with Crippen molar-refractivity contribution < 1.29 is 18.4 Å². The van der Waals surface area contributed by atoms with E-state index in [0.717, 1.165) is 0 Å². The molecular weight excluding hydrogens is 239 g/mol. The van der Waals surface area contributed by atoms with Gasteiger partial charge in [0.05, 0.1) is 18.5 Å². The van der Waals surface area contributed by atoms with Crippen LogP contribution in [0.2, 0.25) is 0 Å². The number of hydrogen-bond donors (Lipinski definition) is 1. The highest BCUT2D eigenvalue weighted by molar-refractivity contribution is 6.02. The maximum absolute atomic E-state index is 13.1. The third kappa shape index (κ3) is 2.65. The van der Waals surface area contributed by atoms with E-state index < -0.39 is 11.7 Å². The average molecular weight is 250 g/mol. The van der Waals surface area contributed by atoms with E-state index in [0.29, 0.717) is 12.3 Å². The number of aromatic nitrogens is 1. The van der Waals surface area contributed by atoms with Crippen molar-refractivity contribution in [3.05, 3.63) is 42.0 Å². The molecule has 6 heteroatoms. The van der Waals surface area contributed by atoms with Crippen molar-refractivity contribution in [2.45, 2.75) is 6.92 Å². The lowest BCUT2D eigenvalue weighted by molar-refractivity contribution is 0.0987. The second kappa shape index (κ2) is 5.31. The predicted molar refractivity (Wildman–Crippen MR) is 62.0 cm³/mol. The molecule has 0 aliphatic carbocycles. The summed E-state index contributed by atoms with van der Waals surface area (Å²) in [5, 5.41) is 5.99. The van der Waals surface area contributed by atoms with Crippen molar-refractivity contribution in [2.75, 3.05) is 11.9 Å². The molecule has 0 radical (unpaired) electrons. The fraction of sp³-hybridized carbons (Fsp3) is 0.167. The first-order valence-corrected chi connectivity index (χ1v) is 5.35. The molecule has 2 rings (SSSR count). The van der Waals surface area contributed by atoms with Crippen LogP contribution in [0.4, 0.5) is 10.1 Å². The number of ether oxygens (including phenoxy) is 1. The van der Waals surface area contributed by atoms with Crippen LogP contribution in [-0.4, -0.2) is 17.7 Å². The number of carbonyl (C=O) groups is 1. The van der Waals surface area contributed by atoms with E-state index in [1.807, 2.05) is 0 Å². The Morgan fingerprint density at radius 3 is 3.00 bits per heavy atom. The zero-order chi connectivity index (χ0) is 13.0. The van der Waals surface area contributed by atoms with E-state index >= 15 is 0 Å². The third-order valence-electron chi connectivity index (χ3n) is 2.15. The van der Waals surface area contributed by atoms with Crippen molar-refractivity contribution >= 4 is 11.6 Å². The molecule has 0 atom stereocenters. The molecule has 1 amide bonds. The number of hydrogen-bond acceptors (Lipinski definition) is 4. The molecule has 0 bridgehead atoms. The number of anilines is 1. The fourth-order valence-electron chi connectivity index (χ4n) is 1.39. The first kappa shape index (κ1) is 12.1. The van der Waals surface area contributed by atoms with Crippen molar-refractivity contribution in [2.24, 2.45) is 0 Å². The summed E-state index contributed by atoms with van der Waals surface area (Å²) in [6.45, 7) is 2.14. The summed E-state index contributed by atoms with van der Waals surface area (Å²) in [6.07, 6.45) is 1.36. The van der Waals surface area contributed by atoms with Gasteiger partial charge in [0.1, 0.15) is 11.6 Å². The van der Waals surface area contributed by atoms with Crippen LogP contribution >= 0.6 is 0 Å². The normalized spacial score (nSPS) is 10.1. The number of carbonyl (C=O) groups excluding carboxylic acids is 1. The second-order valence-electron chi connectivity index (χ2n) is 3.40. The van der Waals surface area contributed by atoms with Crippen molar-refractivity contribution in [3.8, 4) is 5.75 Å². The van der Waals surface area contributed by atoms with Crippen molar-refractivity contribution in [3.63, 3.8) is 0 Å². The number of amides is 1. The summed E-state index contributed by atoms with van der Waals surface area (Å²) >= 11 is 0. The van der Waals surface area contributed by atoms with Crippen molar-refractivity contribution in [1.29, 1.82) is 0 Å². The number of halogens is 1. The first-order valence-electron chi connectivity index (χ1n) is 5.35. The number of nitrogens with one attached hydrogen (secondary N) is 1. The van der Waals surface area contributed by atoms with Crippen LogP contribution in [0.15, 0.2) is 35.0 Å². The largest absolute Gasteiger partial charge is 0.492 e. The molecule has 5 nitrogen and oxygen atoms in total. The van der Waals surface area contributed by atoms with E-state index in [2.05, 4.69) is 10.5 Å². The van der Waals surface area contributed by atoms with E-state index in [1.165, 1.54) is 30.5 Å². The topological polar surface area (TPSA) is 64.4 Å². The lowest BCUT2D eigenvalue weighted by Gasteiger charge is -2.10. The molecule has 1 N–H and O–H groups in total. The third-order valence-corrected chi connectivity index (χ3v) is 2.15. The Labute approximate surface area is 103 Å². The molecule has 0 fully saturated rings. The minimum absolute atomic E-state index is 0.0711. The Bertz CT molecular complexity index is 540. The molecule has 18 heavy (non-hydrogen) atoms. The summed E-state index contributed by atoms with van der Waals surface area (Å²) in [4.78, 5) is 11.7. The van der Waals surface area contributed by atoms with Gasteiger partial charge in [0.2, 0.25) is 5.76 Å². The van der Waals surface area contributed by atoms with E-state index in [1.54, 1.807) is 6.92 Å². The van der Waals surface area contributed by atoms with Gasteiger partial charge in [0.25, 0.3) is 5.91 Å². The Balaban J connectivity index is 2.20. The standard InChI is InChI=1S/C12H11FN2O3/c1-2-17-11-7-8(13)3-4-9(11)15-12(16)10-5-6-14-18-10/h3-7H,2H2,1H3,(H,15,16). The van der Waals surface area contributed by atoms with Gasteiger partial charge in [-0.1, -0.05) is 5.16 Å². The molecule has 94 valence electrons. The minimum Gasteiger partial charge on any atom is -0.492 e. The summed E-state index contributed by atoms with van der Waals surface area (Å²) in [5.41, 5.74) is 0.375. The average Bonchev–Trinajstić information content (AvgIpc) is 2.86. The quantitative estimate of drug-likeness (QED) is 0.905. The first-order chi connectivity index (χ1) is 8.70. The Kier molecular flexibility index (Phi) is 3.57. The van der Waals surface area contributed by atoms with E-state index in [4.69, 9.17) is 9.26 Å². The van der Waals surface area contributed by atoms with E-state index in [9.17, 15) is 9.18 Å². The maximum Gasteiger partial charge on any atom is 0.294 e. The van der Waals surface area contributed by atoms with Crippen LogP contribution in [0.5, 0.6) is 5.75 Å². The molecule has 2 aromatic rings. The smallest absolute Gasteiger partial charge is 0.294 e. The van der Waals surface area contributed by atoms with Gasteiger partial charge >= 0.3 is 0 Å². The molecule has 1 aromatic carbocycles. The summed E-state index contributed by atoms with van der Waals surface area (Å²) in [7, 11) is 0. The lowest BCUT2D eigenvalue weighted by atomic mass is 10.2. The van der Waals surface area contributed by atoms with Gasteiger partial charge < -0.3 is 14.6 Å². The van der Waals surface area contributed by atoms with Crippen molar-refractivity contribution in [1.82, 2.24) is 5.16 Å². The molecular formula is C12H11FN2O3. The van der Waals surface area contributed by atoms with E-state index in [-0.39, 0.29) is 11.5 Å². The number of benzene rings is 1. The Hall–Kier alpha value is -2.37. The minimum atomic E-state index is -0.472. The summed E-state index contributed by atoms with van der Waals surface area (Å²) in [6, 6.07) is 5.30. The van der Waals surface area contributed by atoms with Crippen LogP contribution in [-0.2, 0) is 0 Å². The highest BCUT2D eigenvalue weighted by Gasteiger charge is 2.13. The Morgan fingerprint density at radius 2 is 2.33 bits per heavy atom. The zero-order valence-corrected chi connectivity index (χ0v) is 9.64. The number of nitrogens with zero attached hydrogens (tertiary/aromatic N) is 1. The Morgan fingerprint density at radius 1 is 1.50 bits per heavy atom. The van der Waals surface area contributed by atoms with Gasteiger partial charge in [0.15, 0.2) is 0 Å². The maximum atomic E-state index is 13.1. The number of rotatable bonds is 4. The predicted octanol–water partition coefficient (Wildman–Crippen LogP) is 2.46. The lowest BCUT2D eigenvalue weighted by Crippen LogP contribution is -2.12. The van der Waals surface area contributed by atoms with Crippen LogP contribution in [0, 0.1) is 5.82 Å². The highest BCUT2D eigenvalue weighted by Crippen LogP contribution is 2.25. The monoisotopic (exact) mass is 250 g/mol. The molecule has 0 unspecified atom stereocenters. The summed E-state index contributed by atoms with van der Waals surface area (Å²) in [5.74, 6) is -0.566. The van der Waals surface area contributed by atoms with Gasteiger partial charge in [-0.25, -0.2) is 4.39 Å². The van der Waals surface area contributed by atoms with Crippen LogP contribution in [0.25, 0.3) is 0 Å². The molecule has 0 aliphatic rings. The van der Waals surface area contributed by atoms with Gasteiger partial charge in [-0.2, -0.15) is 0 Å². The molecule has 0 aliphatic heterocycles. The molecule has 0 spiro atoms. The van der Waals surface area contributed by atoms with Gasteiger partial charge in [-0.05, 0) is 19.1 Å². The van der Waals surface area contributed by atoms with Gasteiger partial charge in [-0.3, -0.25) is 4.79 Å². The molecule has 1 aromatic heterocycles. The van der Waals surface area contributed by atoms with Crippen LogP contribution in [0.1, 0.15) is 17.5 Å². The van der Waals surface area contributed by atoms with Gasteiger partial charge in [0, 0.05) is 12.1 Å². The van der Waals surface area contributed by atoms with Crippen LogP contribution in [0.3, 0.4) is 0 Å². The fourth-order valence-corrected chi connectivity index (χ4v) is 1.39. The SMILES string of the molecule is CCOc1cc(F)ccc1NC(=O)c1ccno1. The molecule has 1 heterocycles.